The van der Waals surface area contributed by atoms with Crippen LogP contribution in [0.3, 0.4) is 0 Å². The van der Waals surface area contributed by atoms with Gasteiger partial charge in [-0.2, -0.15) is 0 Å². The first-order valence-electron chi connectivity index (χ1n) is 8.40. The third kappa shape index (κ3) is 4.17. The van der Waals surface area contributed by atoms with Gasteiger partial charge in [-0.3, -0.25) is 10.1 Å². The summed E-state index contributed by atoms with van der Waals surface area (Å²) in [5.74, 6) is -0.00971. The van der Waals surface area contributed by atoms with Crippen LogP contribution in [0.4, 0.5) is 27.4 Å². The Balaban J connectivity index is 1.94. The van der Waals surface area contributed by atoms with Crippen LogP contribution in [0.2, 0.25) is 0 Å². The second-order valence-corrected chi connectivity index (χ2v) is 5.71. The minimum Gasteiger partial charge on any atom is -0.360 e. The van der Waals surface area contributed by atoms with Crippen molar-refractivity contribution in [3.8, 4) is 0 Å². The number of nitro groups is 1. The third-order valence-electron chi connectivity index (χ3n) is 4.00. The maximum absolute atomic E-state index is 13.0. The van der Waals surface area contributed by atoms with Gasteiger partial charge in [0.2, 0.25) is 11.6 Å². The average molecular weight is 367 g/mol. The molecular formula is C19H18FN5O2. The number of para-hydroxylation sites is 1. The van der Waals surface area contributed by atoms with Crippen LogP contribution >= 0.6 is 0 Å². The Hall–Kier alpha value is -3.55. The molecule has 0 radical (unpaired) electrons. The summed E-state index contributed by atoms with van der Waals surface area (Å²) in [5.41, 5.74) is 1.37. The Labute approximate surface area is 155 Å². The van der Waals surface area contributed by atoms with Gasteiger partial charge in [-0.05, 0) is 36.8 Å². The standard InChI is InChI=1S/C19H18FN5O2/c1-2-24(16-6-4-3-5-7-16)19-17(25(26)27)18(22-13-23-19)21-12-14-8-10-15(20)11-9-14/h3-11,13H,2,12H2,1H3,(H,21,22,23). The number of nitrogens with zero attached hydrogens (tertiary/aromatic N) is 4. The molecule has 27 heavy (non-hydrogen) atoms. The second kappa shape index (κ2) is 8.22. The van der Waals surface area contributed by atoms with Crippen molar-refractivity contribution < 1.29 is 9.31 Å². The lowest BCUT2D eigenvalue weighted by Crippen LogP contribution is -2.20. The summed E-state index contributed by atoms with van der Waals surface area (Å²) in [6, 6.07) is 15.2. The van der Waals surface area contributed by atoms with Crippen molar-refractivity contribution >= 4 is 23.0 Å². The van der Waals surface area contributed by atoms with Crippen LogP contribution in [0.5, 0.6) is 0 Å². The molecule has 3 aromatic rings. The van der Waals surface area contributed by atoms with E-state index in [1.165, 1.54) is 18.5 Å². The normalized spacial score (nSPS) is 10.4. The van der Waals surface area contributed by atoms with Crippen molar-refractivity contribution in [2.45, 2.75) is 13.5 Å². The van der Waals surface area contributed by atoms with Crippen LogP contribution in [-0.2, 0) is 6.54 Å². The molecule has 0 fully saturated rings. The van der Waals surface area contributed by atoms with Gasteiger partial charge in [-0.15, -0.1) is 0 Å². The molecule has 7 nitrogen and oxygen atoms in total. The zero-order chi connectivity index (χ0) is 19.2. The minimum atomic E-state index is -0.492. The van der Waals surface area contributed by atoms with Crippen molar-refractivity contribution in [1.29, 1.82) is 0 Å². The van der Waals surface area contributed by atoms with Gasteiger partial charge in [0.05, 0.1) is 4.92 Å². The molecule has 8 heteroatoms. The lowest BCUT2D eigenvalue weighted by atomic mass is 10.2. The predicted molar refractivity (Wildman–Crippen MR) is 102 cm³/mol. The maximum atomic E-state index is 13.0. The van der Waals surface area contributed by atoms with Gasteiger partial charge in [-0.1, -0.05) is 30.3 Å². The molecule has 3 rings (SSSR count). The first kappa shape index (κ1) is 18.2. The van der Waals surface area contributed by atoms with E-state index in [0.29, 0.717) is 6.54 Å². The van der Waals surface area contributed by atoms with Gasteiger partial charge in [0.15, 0.2) is 0 Å². The van der Waals surface area contributed by atoms with Gasteiger partial charge in [0.25, 0.3) is 0 Å². The maximum Gasteiger partial charge on any atom is 0.353 e. The summed E-state index contributed by atoms with van der Waals surface area (Å²) < 4.78 is 13.0. The fraction of sp³-hybridized carbons (Fsp3) is 0.158. The van der Waals surface area contributed by atoms with Crippen molar-refractivity contribution in [2.75, 3.05) is 16.8 Å². The Bertz CT molecular complexity index is 919. The van der Waals surface area contributed by atoms with Crippen LogP contribution in [0.25, 0.3) is 0 Å². The monoisotopic (exact) mass is 367 g/mol. The molecule has 0 amide bonds. The SMILES string of the molecule is CCN(c1ccccc1)c1ncnc(NCc2ccc(F)cc2)c1[N+](=O)[O-]. The third-order valence-corrected chi connectivity index (χ3v) is 4.00. The number of rotatable bonds is 7. The Morgan fingerprint density at radius 3 is 2.44 bits per heavy atom. The highest BCUT2D eigenvalue weighted by atomic mass is 19.1. The molecule has 0 aliphatic carbocycles. The molecule has 1 N–H and O–H groups in total. The number of nitrogens with one attached hydrogen (secondary N) is 1. The van der Waals surface area contributed by atoms with Gasteiger partial charge in [0, 0.05) is 18.8 Å². The summed E-state index contributed by atoms with van der Waals surface area (Å²) in [6.45, 7) is 2.67. The molecule has 0 atom stereocenters. The van der Waals surface area contributed by atoms with Crippen molar-refractivity contribution in [3.63, 3.8) is 0 Å². The number of hydrogen-bond donors (Lipinski definition) is 1. The molecule has 2 aromatic carbocycles. The highest BCUT2D eigenvalue weighted by Crippen LogP contribution is 2.35. The van der Waals surface area contributed by atoms with Gasteiger partial charge in [-0.25, -0.2) is 14.4 Å². The summed E-state index contributed by atoms with van der Waals surface area (Å²) in [7, 11) is 0. The van der Waals surface area contributed by atoms with Gasteiger partial charge in [0.1, 0.15) is 12.1 Å². The number of anilines is 3. The summed E-state index contributed by atoms with van der Waals surface area (Å²) in [6.07, 6.45) is 1.29. The van der Waals surface area contributed by atoms with Crippen molar-refractivity contribution in [3.05, 3.63) is 82.4 Å². The van der Waals surface area contributed by atoms with E-state index in [2.05, 4.69) is 15.3 Å². The lowest BCUT2D eigenvalue weighted by Gasteiger charge is -2.22. The number of hydrogen-bond acceptors (Lipinski definition) is 6. The second-order valence-electron chi connectivity index (χ2n) is 5.71. The number of halogens is 1. The van der Waals surface area contributed by atoms with Crippen molar-refractivity contribution in [2.24, 2.45) is 0 Å². The summed E-state index contributed by atoms with van der Waals surface area (Å²) in [5, 5.41) is 14.7. The van der Waals surface area contributed by atoms with E-state index >= 15 is 0 Å². The molecular weight excluding hydrogens is 349 g/mol. The number of benzene rings is 2. The highest BCUT2D eigenvalue weighted by Gasteiger charge is 2.27. The Morgan fingerprint density at radius 1 is 1.11 bits per heavy atom. The first-order valence-corrected chi connectivity index (χ1v) is 8.40. The van der Waals surface area contributed by atoms with Crippen LogP contribution < -0.4 is 10.2 Å². The predicted octanol–water partition coefficient (Wildman–Crippen LogP) is 4.29. The van der Waals surface area contributed by atoms with Crippen LogP contribution in [0, 0.1) is 15.9 Å². The van der Waals surface area contributed by atoms with E-state index in [0.717, 1.165) is 11.3 Å². The van der Waals surface area contributed by atoms with E-state index in [4.69, 9.17) is 0 Å². The largest absolute Gasteiger partial charge is 0.360 e. The topological polar surface area (TPSA) is 84.2 Å². The van der Waals surface area contributed by atoms with Gasteiger partial charge < -0.3 is 10.2 Å². The molecule has 0 aliphatic rings. The fourth-order valence-corrected chi connectivity index (χ4v) is 2.72. The Kier molecular flexibility index (Phi) is 5.55. The minimum absolute atomic E-state index is 0.115. The van der Waals surface area contributed by atoms with E-state index in [-0.39, 0.29) is 29.7 Å². The van der Waals surface area contributed by atoms with E-state index in [9.17, 15) is 14.5 Å². The highest BCUT2D eigenvalue weighted by molar-refractivity contribution is 5.75. The zero-order valence-electron chi connectivity index (χ0n) is 14.7. The fourth-order valence-electron chi connectivity index (χ4n) is 2.72. The average Bonchev–Trinajstić information content (AvgIpc) is 2.69. The Morgan fingerprint density at radius 2 is 1.81 bits per heavy atom. The molecule has 0 saturated heterocycles. The molecule has 0 aliphatic heterocycles. The van der Waals surface area contributed by atoms with E-state index < -0.39 is 4.92 Å². The van der Waals surface area contributed by atoms with E-state index in [1.54, 1.807) is 17.0 Å². The molecule has 138 valence electrons. The summed E-state index contributed by atoms with van der Waals surface area (Å²) in [4.78, 5) is 21.2. The summed E-state index contributed by atoms with van der Waals surface area (Å²) >= 11 is 0. The van der Waals surface area contributed by atoms with Crippen molar-refractivity contribution in [1.82, 2.24) is 9.97 Å². The molecule has 0 unspecified atom stereocenters. The first-order chi connectivity index (χ1) is 13.1. The zero-order valence-corrected chi connectivity index (χ0v) is 14.7. The number of aromatic nitrogens is 2. The van der Waals surface area contributed by atoms with Crippen LogP contribution in [0.15, 0.2) is 60.9 Å². The lowest BCUT2D eigenvalue weighted by molar-refractivity contribution is -0.383. The quantitative estimate of drug-likeness (QED) is 0.495. The van der Waals surface area contributed by atoms with E-state index in [1.807, 2.05) is 37.3 Å². The molecule has 0 spiro atoms. The molecule has 0 bridgehead atoms. The van der Waals surface area contributed by atoms with Crippen LogP contribution in [0.1, 0.15) is 12.5 Å². The van der Waals surface area contributed by atoms with Gasteiger partial charge >= 0.3 is 5.69 Å². The molecule has 1 aromatic heterocycles. The van der Waals surface area contributed by atoms with Crippen LogP contribution in [-0.4, -0.2) is 21.4 Å². The smallest absolute Gasteiger partial charge is 0.353 e. The molecule has 1 heterocycles. The molecule has 0 saturated carbocycles.